The Hall–Kier alpha value is -2.47. The summed E-state index contributed by atoms with van der Waals surface area (Å²) in [6.45, 7) is 0. The first-order valence-corrected chi connectivity index (χ1v) is 10.4. The van der Waals surface area contributed by atoms with Gasteiger partial charge in [-0.2, -0.15) is 0 Å². The molecule has 27 heavy (non-hydrogen) atoms. The first-order chi connectivity index (χ1) is 12.7. The number of rotatable bonds is 4. The van der Waals surface area contributed by atoms with Crippen LogP contribution >= 0.6 is 0 Å². The predicted molar refractivity (Wildman–Crippen MR) is 100 cm³/mol. The molecule has 3 nitrogen and oxygen atoms in total. The lowest BCUT2D eigenvalue weighted by molar-refractivity contribution is 0.359. The van der Waals surface area contributed by atoms with Gasteiger partial charge in [-0.1, -0.05) is 24.3 Å². The molecular formula is C21H18F2O3S. The number of halogens is 2. The third-order valence-electron chi connectivity index (χ3n) is 5.09. The van der Waals surface area contributed by atoms with Crippen molar-refractivity contribution in [1.29, 1.82) is 0 Å². The molecule has 2 aromatic carbocycles. The van der Waals surface area contributed by atoms with Crippen molar-refractivity contribution in [3.05, 3.63) is 71.3 Å². The fraction of sp³-hybridized carbons (Fsp3) is 0.238. The number of hydrogen-bond donors (Lipinski definition) is 0. The first kappa shape index (κ1) is 17.9. The first-order valence-electron chi connectivity index (χ1n) is 8.52. The number of hydrogen-bond acceptors (Lipinski definition) is 3. The molecule has 4 rings (SSSR count). The molecular weight excluding hydrogens is 370 g/mol. The maximum absolute atomic E-state index is 14.2. The zero-order valence-corrected chi connectivity index (χ0v) is 15.7. The molecule has 0 amide bonds. The van der Waals surface area contributed by atoms with Crippen molar-refractivity contribution in [1.82, 2.24) is 0 Å². The molecule has 1 fully saturated rings. The minimum Gasteiger partial charge on any atom is -0.491 e. The average molecular weight is 388 g/mol. The molecule has 0 N–H and O–H groups in total. The van der Waals surface area contributed by atoms with E-state index in [2.05, 4.69) is 6.08 Å². The van der Waals surface area contributed by atoms with E-state index in [0.717, 1.165) is 35.8 Å². The van der Waals surface area contributed by atoms with E-state index in [9.17, 15) is 17.2 Å². The number of ether oxygens (including phenoxy) is 1. The Kier molecular flexibility index (Phi) is 4.00. The van der Waals surface area contributed by atoms with Crippen LogP contribution in [0.1, 0.15) is 24.0 Å². The van der Waals surface area contributed by atoms with Crippen molar-refractivity contribution < 1.29 is 21.9 Å². The fourth-order valence-corrected chi connectivity index (χ4v) is 4.11. The highest BCUT2D eigenvalue weighted by Crippen LogP contribution is 2.57. The van der Waals surface area contributed by atoms with E-state index in [1.54, 1.807) is 24.3 Å². The molecule has 2 aromatic rings. The average Bonchev–Trinajstić information content (AvgIpc) is 3.24. The fourth-order valence-electron chi connectivity index (χ4n) is 3.47. The maximum atomic E-state index is 14.2. The van der Waals surface area contributed by atoms with Crippen LogP contribution in [-0.2, 0) is 9.84 Å². The summed E-state index contributed by atoms with van der Waals surface area (Å²) < 4.78 is 56.5. The lowest BCUT2D eigenvalue weighted by Crippen LogP contribution is -1.98. The van der Waals surface area contributed by atoms with E-state index in [-0.39, 0.29) is 10.3 Å². The summed E-state index contributed by atoms with van der Waals surface area (Å²) in [5.74, 6) is -1.91. The Morgan fingerprint density at radius 1 is 0.926 bits per heavy atom. The zero-order valence-electron chi connectivity index (χ0n) is 14.9. The molecule has 6 heteroatoms. The summed E-state index contributed by atoms with van der Waals surface area (Å²) in [7, 11) is -2.06. The van der Waals surface area contributed by atoms with E-state index < -0.39 is 27.2 Å². The number of allylic oxidation sites excluding steroid dienone is 4. The number of benzene rings is 2. The summed E-state index contributed by atoms with van der Waals surface area (Å²) in [5.41, 5.74) is 2.80. The van der Waals surface area contributed by atoms with Gasteiger partial charge >= 0.3 is 0 Å². The molecule has 0 saturated heterocycles. The molecule has 0 radical (unpaired) electrons. The summed E-state index contributed by atoms with van der Waals surface area (Å²) in [4.78, 5) is 0.234. The van der Waals surface area contributed by atoms with Gasteiger partial charge in [0, 0.05) is 11.7 Å². The van der Waals surface area contributed by atoms with Gasteiger partial charge in [0.2, 0.25) is 0 Å². The molecule has 2 aliphatic rings. The van der Waals surface area contributed by atoms with Crippen LogP contribution in [0.5, 0.6) is 5.75 Å². The lowest BCUT2D eigenvalue weighted by atomic mass is 9.95. The Morgan fingerprint density at radius 3 is 1.89 bits per heavy atom. The topological polar surface area (TPSA) is 43.4 Å². The highest BCUT2D eigenvalue weighted by atomic mass is 32.2. The quantitative estimate of drug-likeness (QED) is 0.767. The molecule has 0 heterocycles. The van der Waals surface area contributed by atoms with Crippen molar-refractivity contribution in [2.45, 2.75) is 17.7 Å². The van der Waals surface area contributed by atoms with Crippen molar-refractivity contribution in [3.8, 4) is 5.75 Å². The second-order valence-electron chi connectivity index (χ2n) is 7.12. The van der Waals surface area contributed by atoms with Gasteiger partial charge < -0.3 is 4.74 Å². The highest BCUT2D eigenvalue weighted by Gasteiger charge is 2.43. The van der Waals surface area contributed by atoms with Crippen LogP contribution in [0.25, 0.3) is 11.1 Å². The van der Waals surface area contributed by atoms with Gasteiger partial charge in [0.1, 0.15) is 0 Å². The van der Waals surface area contributed by atoms with Gasteiger partial charge in [-0.05, 0) is 59.4 Å². The second kappa shape index (κ2) is 6.02. The third-order valence-corrected chi connectivity index (χ3v) is 6.22. The number of sulfone groups is 1. The van der Waals surface area contributed by atoms with Crippen molar-refractivity contribution in [2.75, 3.05) is 13.4 Å². The smallest absolute Gasteiger partial charge is 0.190 e. The standard InChI is InChI=1S/C21H18F2O3S/c1-26-20-18(22)9-14(10-19(20)23)17-12-21(7-8-21)11-16(17)13-3-5-15(6-4-13)27(2,24)25/h3-6,9-12H,7-8H2,1-2H3. The van der Waals surface area contributed by atoms with Gasteiger partial charge in [0.25, 0.3) is 0 Å². The second-order valence-corrected chi connectivity index (χ2v) is 9.13. The molecule has 0 aromatic heterocycles. The van der Waals surface area contributed by atoms with E-state index in [1.165, 1.54) is 19.2 Å². The Labute approximate surface area is 156 Å². The normalized spacial score (nSPS) is 17.6. The summed E-state index contributed by atoms with van der Waals surface area (Å²) in [6.07, 6.45) is 7.29. The zero-order chi connectivity index (χ0) is 19.4. The third kappa shape index (κ3) is 3.18. The largest absolute Gasteiger partial charge is 0.491 e. The van der Waals surface area contributed by atoms with Crippen LogP contribution in [0.4, 0.5) is 8.78 Å². The molecule has 1 saturated carbocycles. The van der Waals surface area contributed by atoms with Gasteiger partial charge in [-0.15, -0.1) is 0 Å². The molecule has 0 bridgehead atoms. The van der Waals surface area contributed by atoms with Gasteiger partial charge in [-0.3, -0.25) is 0 Å². The van der Waals surface area contributed by atoms with Crippen LogP contribution < -0.4 is 4.74 Å². The molecule has 140 valence electrons. The minimum atomic E-state index is -3.29. The van der Waals surface area contributed by atoms with Crippen LogP contribution in [0.3, 0.4) is 0 Å². The number of methoxy groups -OCH3 is 1. The maximum Gasteiger partial charge on any atom is 0.190 e. The molecule has 1 spiro atoms. The van der Waals surface area contributed by atoms with E-state index in [4.69, 9.17) is 4.74 Å². The monoisotopic (exact) mass is 388 g/mol. The predicted octanol–water partition coefficient (Wildman–Crippen LogP) is 4.64. The Bertz CT molecular complexity index is 1070. The Balaban J connectivity index is 1.79. The summed E-state index contributed by atoms with van der Waals surface area (Å²) in [5, 5.41) is 0. The molecule has 0 atom stereocenters. The van der Waals surface area contributed by atoms with Crippen LogP contribution in [0.15, 0.2) is 53.4 Å². The van der Waals surface area contributed by atoms with Gasteiger partial charge in [-0.25, -0.2) is 17.2 Å². The highest BCUT2D eigenvalue weighted by molar-refractivity contribution is 7.90. The SMILES string of the molecule is COc1c(F)cc(C2=CC3(C=C2c2ccc(S(C)(=O)=O)cc2)CC3)cc1F. The van der Waals surface area contributed by atoms with Crippen LogP contribution in [0.2, 0.25) is 0 Å². The van der Waals surface area contributed by atoms with Crippen molar-refractivity contribution in [3.63, 3.8) is 0 Å². The van der Waals surface area contributed by atoms with E-state index in [0.29, 0.717) is 5.56 Å². The van der Waals surface area contributed by atoms with Crippen LogP contribution in [-0.4, -0.2) is 21.8 Å². The van der Waals surface area contributed by atoms with Gasteiger partial charge in [0.15, 0.2) is 27.2 Å². The lowest BCUT2D eigenvalue weighted by Gasteiger charge is -2.12. The summed E-state index contributed by atoms with van der Waals surface area (Å²) >= 11 is 0. The van der Waals surface area contributed by atoms with Crippen LogP contribution in [0, 0.1) is 17.0 Å². The molecule has 0 unspecified atom stereocenters. The molecule has 0 aliphatic heterocycles. The van der Waals surface area contributed by atoms with E-state index >= 15 is 0 Å². The van der Waals surface area contributed by atoms with Crippen molar-refractivity contribution in [2.24, 2.45) is 5.41 Å². The van der Waals surface area contributed by atoms with Crippen molar-refractivity contribution >= 4 is 21.0 Å². The van der Waals surface area contributed by atoms with Gasteiger partial charge in [0.05, 0.1) is 12.0 Å². The summed E-state index contributed by atoms with van der Waals surface area (Å²) in [6, 6.07) is 9.11. The van der Waals surface area contributed by atoms with E-state index in [1.807, 2.05) is 6.08 Å². The molecule has 2 aliphatic carbocycles. The Morgan fingerprint density at radius 2 is 1.44 bits per heavy atom. The minimum absolute atomic E-state index is 0.0624.